The summed E-state index contributed by atoms with van der Waals surface area (Å²) in [7, 11) is -7.96. The largest absolute Gasteiger partial charge is 0.478 e. The van der Waals surface area contributed by atoms with E-state index in [-0.39, 0.29) is 36.8 Å². The summed E-state index contributed by atoms with van der Waals surface area (Å²) >= 11 is 0. The number of hydrogen-bond donors (Lipinski definition) is 4. The molecule has 24 heavy (non-hydrogen) atoms. The number of aliphatic carboxylic acids is 2. The number of carbonyl (C=O) groups is 2. The molecule has 140 valence electrons. The van der Waals surface area contributed by atoms with Crippen molar-refractivity contribution in [3.63, 3.8) is 0 Å². The summed E-state index contributed by atoms with van der Waals surface area (Å²) in [6, 6.07) is 0. The van der Waals surface area contributed by atoms with Crippen LogP contribution in [0.15, 0.2) is 24.3 Å². The second-order valence-corrected chi connectivity index (χ2v) is 7.74. The molecular weight excluding hydrogens is 368 g/mol. The lowest BCUT2D eigenvalue weighted by Crippen LogP contribution is -2.06. The normalized spacial score (nSPS) is 11.1. The maximum absolute atomic E-state index is 10.2. The molecule has 0 fully saturated rings. The van der Waals surface area contributed by atoms with Crippen LogP contribution in [0.1, 0.15) is 25.7 Å². The molecule has 0 radical (unpaired) electrons. The molecule has 0 atom stereocenters. The molecule has 0 rings (SSSR count). The smallest absolute Gasteiger partial charge is 0.330 e. The molecule has 0 aliphatic carbocycles. The molecule has 0 aromatic carbocycles. The van der Waals surface area contributed by atoms with Crippen molar-refractivity contribution < 1.29 is 45.7 Å². The Kier molecular flexibility index (Phi) is 11.1. The highest BCUT2D eigenvalue weighted by Crippen LogP contribution is 2.04. The van der Waals surface area contributed by atoms with Gasteiger partial charge >= 0.3 is 11.9 Å². The Bertz CT molecular complexity index is 613. The Morgan fingerprint density at radius 1 is 0.708 bits per heavy atom. The fourth-order valence-corrected chi connectivity index (χ4v) is 2.17. The molecule has 10 nitrogen and oxygen atoms in total. The quantitative estimate of drug-likeness (QED) is 0.305. The third-order valence-electron chi connectivity index (χ3n) is 2.37. The van der Waals surface area contributed by atoms with Crippen LogP contribution in [0.4, 0.5) is 0 Å². The zero-order valence-electron chi connectivity index (χ0n) is 12.7. The van der Waals surface area contributed by atoms with Crippen molar-refractivity contribution in [2.45, 2.75) is 25.7 Å². The predicted molar refractivity (Wildman–Crippen MR) is 84.9 cm³/mol. The van der Waals surface area contributed by atoms with Crippen LogP contribution in [-0.2, 0) is 29.8 Å². The van der Waals surface area contributed by atoms with Gasteiger partial charge in [-0.05, 0) is 25.7 Å². The van der Waals surface area contributed by atoms with Gasteiger partial charge in [0.05, 0.1) is 11.5 Å². The molecule has 0 spiro atoms. The van der Waals surface area contributed by atoms with Gasteiger partial charge in [0, 0.05) is 11.1 Å². The molecule has 0 amide bonds. The molecule has 0 bridgehead atoms. The number of hydrogen-bond acceptors (Lipinski definition) is 6. The van der Waals surface area contributed by atoms with E-state index >= 15 is 0 Å². The topological polar surface area (TPSA) is 183 Å². The van der Waals surface area contributed by atoms with Crippen molar-refractivity contribution in [1.82, 2.24) is 0 Å². The Morgan fingerprint density at radius 2 is 0.958 bits per heavy atom. The standard InChI is InChI=1S/2C6H10O5S/c2*1-5(6(7)8)3-2-4-12(9,10)11/h2*1-4H2,(H,7,8)(H,9,10,11). The highest BCUT2D eigenvalue weighted by molar-refractivity contribution is 7.86. The SMILES string of the molecule is C=C(CCCS(=O)(=O)O)C(=O)O.C=C(CCCS(=O)(=O)O)C(=O)O. The summed E-state index contributed by atoms with van der Waals surface area (Å²) in [5.41, 5.74) is -0.114. The second-order valence-electron chi connectivity index (χ2n) is 4.60. The van der Waals surface area contributed by atoms with E-state index in [0.717, 1.165) is 0 Å². The van der Waals surface area contributed by atoms with Crippen LogP contribution in [-0.4, -0.2) is 59.6 Å². The summed E-state index contributed by atoms with van der Waals surface area (Å²) in [4.78, 5) is 20.3. The third-order valence-corrected chi connectivity index (χ3v) is 3.98. The zero-order valence-corrected chi connectivity index (χ0v) is 14.3. The van der Waals surface area contributed by atoms with Crippen LogP contribution in [0.5, 0.6) is 0 Å². The van der Waals surface area contributed by atoms with Crippen LogP contribution >= 0.6 is 0 Å². The number of rotatable bonds is 10. The van der Waals surface area contributed by atoms with E-state index in [4.69, 9.17) is 19.3 Å². The molecule has 0 aliphatic rings. The molecular formula is C12H20O10S2. The molecule has 0 saturated heterocycles. The molecule has 0 saturated carbocycles. The Morgan fingerprint density at radius 3 is 1.12 bits per heavy atom. The van der Waals surface area contributed by atoms with Crippen LogP contribution < -0.4 is 0 Å². The van der Waals surface area contributed by atoms with E-state index < -0.39 is 43.7 Å². The van der Waals surface area contributed by atoms with E-state index in [0.29, 0.717) is 0 Å². The van der Waals surface area contributed by atoms with E-state index in [1.807, 2.05) is 0 Å². The molecule has 0 heterocycles. The minimum absolute atomic E-state index is 0.0568. The Balaban J connectivity index is 0. The first-order chi connectivity index (χ1) is 10.7. The lowest BCUT2D eigenvalue weighted by molar-refractivity contribution is -0.133. The van der Waals surface area contributed by atoms with Gasteiger partial charge in [0.25, 0.3) is 20.2 Å². The van der Waals surface area contributed by atoms with E-state index in [9.17, 15) is 26.4 Å². The van der Waals surface area contributed by atoms with E-state index in [2.05, 4.69) is 13.2 Å². The van der Waals surface area contributed by atoms with Gasteiger partial charge in [-0.2, -0.15) is 16.8 Å². The number of carboxylic acids is 2. The summed E-state index contributed by atoms with van der Waals surface area (Å²) in [6.45, 7) is 6.40. The molecule has 12 heteroatoms. The van der Waals surface area contributed by atoms with Crippen molar-refractivity contribution in [2.24, 2.45) is 0 Å². The van der Waals surface area contributed by atoms with Crippen molar-refractivity contribution in [3.05, 3.63) is 24.3 Å². The maximum Gasteiger partial charge on any atom is 0.330 e. The fourth-order valence-electron chi connectivity index (χ4n) is 1.15. The van der Waals surface area contributed by atoms with Gasteiger partial charge in [0.2, 0.25) is 0 Å². The first-order valence-electron chi connectivity index (χ1n) is 6.38. The first kappa shape index (κ1) is 24.5. The maximum atomic E-state index is 10.2. The van der Waals surface area contributed by atoms with Crippen LogP contribution in [0.25, 0.3) is 0 Å². The fraction of sp³-hybridized carbons (Fsp3) is 0.500. The number of carboxylic acid groups (broad SMARTS) is 2. The van der Waals surface area contributed by atoms with E-state index in [1.54, 1.807) is 0 Å². The summed E-state index contributed by atoms with van der Waals surface area (Å²) in [6.07, 6.45) is 0.276. The summed E-state index contributed by atoms with van der Waals surface area (Å²) in [5, 5.41) is 16.6. The van der Waals surface area contributed by atoms with Crippen molar-refractivity contribution in [3.8, 4) is 0 Å². The van der Waals surface area contributed by atoms with Gasteiger partial charge in [-0.1, -0.05) is 13.2 Å². The van der Waals surface area contributed by atoms with Gasteiger partial charge in [0.1, 0.15) is 0 Å². The summed E-state index contributed by atoms with van der Waals surface area (Å²) < 4.78 is 57.2. The van der Waals surface area contributed by atoms with Crippen LogP contribution in [0.2, 0.25) is 0 Å². The van der Waals surface area contributed by atoms with E-state index in [1.165, 1.54) is 0 Å². The Labute approximate surface area is 140 Å². The highest BCUT2D eigenvalue weighted by Gasteiger charge is 2.08. The van der Waals surface area contributed by atoms with Gasteiger partial charge < -0.3 is 10.2 Å². The molecule has 0 aromatic rings. The monoisotopic (exact) mass is 388 g/mol. The highest BCUT2D eigenvalue weighted by atomic mass is 32.2. The van der Waals surface area contributed by atoms with Gasteiger partial charge in [-0.3, -0.25) is 9.11 Å². The molecule has 0 aliphatic heterocycles. The van der Waals surface area contributed by atoms with Gasteiger partial charge in [-0.15, -0.1) is 0 Å². The minimum Gasteiger partial charge on any atom is -0.478 e. The molecule has 0 unspecified atom stereocenters. The average molecular weight is 388 g/mol. The predicted octanol–water partition coefficient (Wildman–Crippen LogP) is 0.590. The van der Waals surface area contributed by atoms with Crippen LogP contribution in [0, 0.1) is 0 Å². The first-order valence-corrected chi connectivity index (χ1v) is 9.60. The minimum atomic E-state index is -3.98. The second kappa shape index (κ2) is 10.9. The zero-order chi connectivity index (χ0) is 19.6. The average Bonchev–Trinajstić information content (AvgIpc) is 2.35. The third kappa shape index (κ3) is 18.3. The lowest BCUT2D eigenvalue weighted by Gasteiger charge is -1.97. The Hall–Kier alpha value is -1.76. The molecule has 0 aromatic heterocycles. The van der Waals surface area contributed by atoms with Gasteiger partial charge in [0.15, 0.2) is 0 Å². The van der Waals surface area contributed by atoms with Crippen LogP contribution in [0.3, 0.4) is 0 Å². The van der Waals surface area contributed by atoms with Crippen molar-refractivity contribution in [1.29, 1.82) is 0 Å². The lowest BCUT2D eigenvalue weighted by atomic mass is 10.2. The molecule has 4 N–H and O–H groups in total. The summed E-state index contributed by atoms with van der Waals surface area (Å²) in [5.74, 6) is -3.16. The van der Waals surface area contributed by atoms with Crippen molar-refractivity contribution >= 4 is 32.2 Å². The van der Waals surface area contributed by atoms with Gasteiger partial charge in [-0.25, -0.2) is 9.59 Å². The van der Waals surface area contributed by atoms with Crippen molar-refractivity contribution in [2.75, 3.05) is 11.5 Å².